The van der Waals surface area contributed by atoms with Gasteiger partial charge in [0.1, 0.15) is 16.2 Å². The fourth-order valence-corrected chi connectivity index (χ4v) is 6.19. The number of anilines is 2. The van der Waals surface area contributed by atoms with E-state index in [-0.39, 0.29) is 22.7 Å². The summed E-state index contributed by atoms with van der Waals surface area (Å²) in [5.74, 6) is 0.347. The summed E-state index contributed by atoms with van der Waals surface area (Å²) >= 11 is 1.21. The Morgan fingerprint density at radius 1 is 1.00 bits per heavy atom. The zero-order valence-corrected chi connectivity index (χ0v) is 22.2. The first-order chi connectivity index (χ1) is 17.7. The zero-order chi connectivity index (χ0) is 26.3. The second-order valence-electron chi connectivity index (χ2n) is 10.4. The molecule has 0 saturated heterocycles. The molecule has 37 heavy (non-hydrogen) atoms. The van der Waals surface area contributed by atoms with Crippen LogP contribution in [0.15, 0.2) is 59.0 Å². The number of carbonyl (C=O) groups is 2. The largest absolute Gasteiger partial charge is 0.477 e. The Kier molecular flexibility index (Phi) is 6.82. The Morgan fingerprint density at radius 2 is 1.68 bits per heavy atom. The molecule has 192 valence electrons. The van der Waals surface area contributed by atoms with Crippen LogP contribution >= 0.6 is 11.3 Å². The third-order valence-electron chi connectivity index (χ3n) is 7.28. The summed E-state index contributed by atoms with van der Waals surface area (Å²) in [4.78, 5) is 28.5. The number of thiophene rings is 1. The predicted octanol–water partition coefficient (Wildman–Crippen LogP) is 7.68. The lowest BCUT2D eigenvalue weighted by molar-refractivity contribution is -0.123. The minimum Gasteiger partial charge on any atom is -0.477 e. The van der Waals surface area contributed by atoms with Crippen LogP contribution in [0.25, 0.3) is 32.7 Å². The molecule has 1 fully saturated rings. The Morgan fingerprint density at radius 3 is 2.32 bits per heavy atom. The maximum Gasteiger partial charge on any atom is 0.348 e. The van der Waals surface area contributed by atoms with E-state index < -0.39 is 5.97 Å². The number of carbonyl (C=O) groups excluding carboxylic acids is 1. The normalized spacial score (nSPS) is 17.8. The molecule has 0 atom stereocenters. The number of carboxylic acid groups (broad SMARTS) is 1. The Balaban J connectivity index is 1.46. The molecule has 0 spiro atoms. The van der Waals surface area contributed by atoms with Gasteiger partial charge >= 0.3 is 5.97 Å². The van der Waals surface area contributed by atoms with Crippen LogP contribution in [-0.4, -0.2) is 23.0 Å². The number of hydrogen-bond acceptors (Lipinski definition) is 5. The zero-order valence-electron chi connectivity index (χ0n) is 21.4. The van der Waals surface area contributed by atoms with Crippen molar-refractivity contribution in [2.75, 3.05) is 10.6 Å². The van der Waals surface area contributed by atoms with Gasteiger partial charge in [0, 0.05) is 39.5 Å². The van der Waals surface area contributed by atoms with Gasteiger partial charge in [0.05, 0.1) is 5.69 Å². The van der Waals surface area contributed by atoms with Crippen LogP contribution in [-0.2, 0) is 4.79 Å². The molecule has 1 aliphatic carbocycles. The maximum atomic E-state index is 13.6. The van der Waals surface area contributed by atoms with Crippen LogP contribution < -0.4 is 10.6 Å². The number of fused-ring (bicyclic) bond motifs is 1. The van der Waals surface area contributed by atoms with Gasteiger partial charge in [-0.1, -0.05) is 31.2 Å². The lowest BCUT2D eigenvalue weighted by Crippen LogP contribution is -2.42. The van der Waals surface area contributed by atoms with E-state index in [1.807, 2.05) is 68.4 Å². The Hall–Kier alpha value is -3.58. The van der Waals surface area contributed by atoms with E-state index in [0.29, 0.717) is 17.3 Å². The molecule has 2 aromatic heterocycles. The minimum atomic E-state index is -1.01. The van der Waals surface area contributed by atoms with Gasteiger partial charge in [0.15, 0.2) is 0 Å². The quantitative estimate of drug-likeness (QED) is 0.256. The van der Waals surface area contributed by atoms with E-state index in [4.69, 9.17) is 10.2 Å². The topological polar surface area (TPSA) is 96.8 Å². The number of rotatable bonds is 6. The number of nitrogen functional groups attached to an aromatic ring is 1. The highest BCUT2D eigenvalue weighted by molar-refractivity contribution is 7.18. The first-order valence-electron chi connectivity index (χ1n) is 12.8. The minimum absolute atomic E-state index is 0.0367. The number of nitrogens with two attached hydrogens (primary N) is 1. The summed E-state index contributed by atoms with van der Waals surface area (Å²) in [6.07, 6.45) is 3.79. The smallest absolute Gasteiger partial charge is 0.348 e. The molecule has 0 unspecified atom stereocenters. The SMILES string of the molecule is CC(C)N(c1cc(-c2ccc(-c3cc4ccc(N)cc4o3)cc2)sc1C(=O)O)C(=O)[C@H]1CC[C@H](C)CC1. The fraction of sp³-hybridized carbons (Fsp3) is 0.333. The molecule has 4 aromatic rings. The first-order valence-corrected chi connectivity index (χ1v) is 13.6. The van der Waals surface area contributed by atoms with E-state index in [2.05, 4.69) is 6.92 Å². The summed E-state index contributed by atoms with van der Waals surface area (Å²) in [6, 6.07) is 17.1. The molecule has 2 heterocycles. The highest BCUT2D eigenvalue weighted by atomic mass is 32.1. The van der Waals surface area contributed by atoms with Crippen molar-refractivity contribution in [2.45, 2.75) is 52.5 Å². The van der Waals surface area contributed by atoms with Gasteiger partial charge < -0.3 is 20.2 Å². The third kappa shape index (κ3) is 5.01. The van der Waals surface area contributed by atoms with Gasteiger partial charge in [0.2, 0.25) is 5.91 Å². The monoisotopic (exact) mass is 516 g/mol. The Bertz CT molecular complexity index is 1440. The van der Waals surface area contributed by atoms with Gasteiger partial charge in [-0.2, -0.15) is 0 Å². The van der Waals surface area contributed by atoms with Gasteiger partial charge in [-0.3, -0.25) is 4.79 Å². The van der Waals surface area contributed by atoms with Crippen molar-refractivity contribution in [1.29, 1.82) is 0 Å². The average Bonchev–Trinajstić information content (AvgIpc) is 3.49. The second-order valence-corrected chi connectivity index (χ2v) is 11.4. The van der Waals surface area contributed by atoms with Gasteiger partial charge in [-0.05, 0) is 75.3 Å². The number of benzene rings is 2. The molecule has 1 saturated carbocycles. The lowest BCUT2D eigenvalue weighted by Gasteiger charge is -2.33. The maximum absolute atomic E-state index is 13.6. The van der Waals surface area contributed by atoms with Crippen LogP contribution in [0.5, 0.6) is 0 Å². The van der Waals surface area contributed by atoms with E-state index in [0.717, 1.165) is 58.4 Å². The van der Waals surface area contributed by atoms with Crippen molar-refractivity contribution in [3.63, 3.8) is 0 Å². The highest BCUT2D eigenvalue weighted by Crippen LogP contribution is 2.40. The lowest BCUT2D eigenvalue weighted by atomic mass is 9.82. The number of hydrogen-bond donors (Lipinski definition) is 2. The first kappa shape index (κ1) is 25.1. The molecule has 2 aromatic carbocycles. The van der Waals surface area contributed by atoms with Gasteiger partial charge in [-0.15, -0.1) is 11.3 Å². The van der Waals surface area contributed by atoms with Crippen molar-refractivity contribution in [2.24, 2.45) is 11.8 Å². The van der Waals surface area contributed by atoms with Crippen molar-refractivity contribution in [3.8, 4) is 21.8 Å². The predicted molar refractivity (Wildman–Crippen MR) is 150 cm³/mol. The summed E-state index contributed by atoms with van der Waals surface area (Å²) in [6.45, 7) is 6.12. The molecule has 5 rings (SSSR count). The molecule has 3 N–H and O–H groups in total. The highest BCUT2D eigenvalue weighted by Gasteiger charge is 2.33. The van der Waals surface area contributed by atoms with Crippen molar-refractivity contribution >= 4 is 45.6 Å². The van der Waals surface area contributed by atoms with Gasteiger partial charge in [-0.25, -0.2) is 4.79 Å². The number of amides is 1. The average molecular weight is 517 g/mol. The van der Waals surface area contributed by atoms with Crippen LogP contribution in [0.1, 0.15) is 56.1 Å². The molecule has 6 nitrogen and oxygen atoms in total. The standard InChI is InChI=1S/C30H32N2O4S/c1-17(2)32(29(33)21-6-4-18(3)5-7-21)24-16-27(37-28(24)30(34)35)20-10-8-19(9-11-20)25-14-22-12-13-23(31)15-26(22)36-25/h8-18,21H,4-7,31H2,1-3H3,(H,34,35)/t18-,21-. The number of furan rings is 1. The second kappa shape index (κ2) is 10.1. The van der Waals surface area contributed by atoms with Crippen LogP contribution in [0.4, 0.5) is 11.4 Å². The van der Waals surface area contributed by atoms with E-state index >= 15 is 0 Å². The van der Waals surface area contributed by atoms with Crippen molar-refractivity contribution in [1.82, 2.24) is 0 Å². The molecule has 1 aliphatic rings. The molecule has 7 heteroatoms. The third-order valence-corrected chi connectivity index (χ3v) is 8.44. The van der Waals surface area contributed by atoms with E-state index in [9.17, 15) is 14.7 Å². The summed E-state index contributed by atoms with van der Waals surface area (Å²) in [5.41, 5.74) is 9.56. The molecular formula is C30H32N2O4S. The van der Waals surface area contributed by atoms with Crippen molar-refractivity contribution in [3.05, 3.63) is 59.5 Å². The fourth-order valence-electron chi connectivity index (χ4n) is 5.20. The van der Waals surface area contributed by atoms with E-state index in [1.165, 1.54) is 11.3 Å². The molecule has 0 bridgehead atoms. The van der Waals surface area contributed by atoms with Crippen molar-refractivity contribution < 1.29 is 19.1 Å². The number of nitrogens with zero attached hydrogens (tertiary/aromatic N) is 1. The summed E-state index contributed by atoms with van der Waals surface area (Å²) in [7, 11) is 0. The van der Waals surface area contributed by atoms with Crippen LogP contribution in [0.2, 0.25) is 0 Å². The molecule has 0 radical (unpaired) electrons. The molecular weight excluding hydrogens is 484 g/mol. The molecule has 1 amide bonds. The molecule has 0 aliphatic heterocycles. The van der Waals surface area contributed by atoms with Gasteiger partial charge in [0.25, 0.3) is 0 Å². The van der Waals surface area contributed by atoms with E-state index in [1.54, 1.807) is 4.90 Å². The van der Waals surface area contributed by atoms with Crippen LogP contribution in [0, 0.1) is 11.8 Å². The summed E-state index contributed by atoms with van der Waals surface area (Å²) < 4.78 is 5.98. The number of carboxylic acids is 1. The summed E-state index contributed by atoms with van der Waals surface area (Å²) in [5, 5.41) is 11.0. The Labute approximate surface area is 220 Å². The van der Waals surface area contributed by atoms with Crippen LogP contribution in [0.3, 0.4) is 0 Å². The number of aromatic carboxylic acids is 1.